The van der Waals surface area contributed by atoms with E-state index in [0.29, 0.717) is 5.02 Å². The summed E-state index contributed by atoms with van der Waals surface area (Å²) in [7, 11) is 0. The van der Waals surface area contributed by atoms with Crippen molar-refractivity contribution in [1.82, 2.24) is 5.32 Å². The summed E-state index contributed by atoms with van der Waals surface area (Å²) in [6, 6.07) is 24.7. The molecule has 0 saturated carbocycles. The Balaban J connectivity index is 1.51. The van der Waals surface area contributed by atoms with Crippen LogP contribution in [0.25, 0.3) is 11.1 Å². The molecule has 3 N–H and O–H groups in total. The quantitative estimate of drug-likeness (QED) is 0.214. The molecule has 0 aliphatic heterocycles. The van der Waals surface area contributed by atoms with Crippen LogP contribution in [0, 0.1) is 0 Å². The van der Waals surface area contributed by atoms with E-state index in [4.69, 9.17) is 34.8 Å². The van der Waals surface area contributed by atoms with Gasteiger partial charge in [0.1, 0.15) is 6.04 Å². The predicted octanol–water partition coefficient (Wildman–Crippen LogP) is 6.99. The van der Waals surface area contributed by atoms with Crippen molar-refractivity contribution in [3.8, 4) is 11.1 Å². The van der Waals surface area contributed by atoms with Crippen LogP contribution >= 0.6 is 34.8 Å². The van der Waals surface area contributed by atoms with Crippen LogP contribution in [0.3, 0.4) is 0 Å². The summed E-state index contributed by atoms with van der Waals surface area (Å²) in [5, 5.41) is 15.7. The standard InChI is InChI=1S/C29H21Cl3N2O4/c30-20-11-13-25(33-27(35)22-12-10-21(31)16-24(22)32)23(15-20)28(36)34-26(29(37)38)14-17-6-8-19(9-7-17)18-4-2-1-3-5-18/h1-13,15-16,26H,14H2,(H,33,35)(H,34,36)(H,37,38)/t26-/m0/s1. The second-order valence-corrected chi connectivity index (χ2v) is 9.68. The average Bonchev–Trinajstić information content (AvgIpc) is 2.90. The molecule has 4 rings (SSSR count). The summed E-state index contributed by atoms with van der Waals surface area (Å²) in [5.74, 6) is -2.49. The van der Waals surface area contributed by atoms with Crippen LogP contribution in [0.5, 0.6) is 0 Å². The zero-order valence-electron chi connectivity index (χ0n) is 19.8. The fraction of sp³-hybridized carbons (Fsp3) is 0.0690. The molecule has 0 unspecified atom stereocenters. The van der Waals surface area contributed by atoms with Gasteiger partial charge in [-0.1, -0.05) is 89.4 Å². The number of halogens is 3. The molecule has 0 aromatic heterocycles. The number of carbonyl (C=O) groups is 3. The smallest absolute Gasteiger partial charge is 0.326 e. The molecule has 4 aromatic rings. The van der Waals surface area contributed by atoms with E-state index < -0.39 is 23.8 Å². The van der Waals surface area contributed by atoms with Crippen molar-refractivity contribution in [2.75, 3.05) is 5.32 Å². The molecule has 0 aliphatic carbocycles. The third-order valence-corrected chi connectivity index (χ3v) is 6.54. The first-order valence-corrected chi connectivity index (χ1v) is 12.6. The van der Waals surface area contributed by atoms with Crippen molar-refractivity contribution < 1.29 is 19.5 Å². The van der Waals surface area contributed by atoms with Crippen molar-refractivity contribution in [2.24, 2.45) is 0 Å². The number of aliphatic carboxylic acids is 1. The van der Waals surface area contributed by atoms with Gasteiger partial charge < -0.3 is 15.7 Å². The van der Waals surface area contributed by atoms with Gasteiger partial charge in [-0.2, -0.15) is 0 Å². The summed E-state index contributed by atoms with van der Waals surface area (Å²) in [4.78, 5) is 38.0. The average molecular weight is 568 g/mol. The molecule has 0 spiro atoms. The number of hydrogen-bond acceptors (Lipinski definition) is 3. The highest BCUT2D eigenvalue weighted by atomic mass is 35.5. The molecule has 2 amide bonds. The topological polar surface area (TPSA) is 95.5 Å². The maximum Gasteiger partial charge on any atom is 0.326 e. The molecule has 192 valence electrons. The monoisotopic (exact) mass is 566 g/mol. The minimum absolute atomic E-state index is 0.00149. The Labute approximate surface area is 234 Å². The molecule has 6 nitrogen and oxygen atoms in total. The summed E-state index contributed by atoms with van der Waals surface area (Å²) < 4.78 is 0. The number of hydrogen-bond donors (Lipinski definition) is 3. The third-order valence-electron chi connectivity index (χ3n) is 5.75. The van der Waals surface area contributed by atoms with Crippen LogP contribution in [0.4, 0.5) is 5.69 Å². The van der Waals surface area contributed by atoms with Gasteiger partial charge in [-0.05, 0) is 53.1 Å². The van der Waals surface area contributed by atoms with E-state index in [9.17, 15) is 19.5 Å². The van der Waals surface area contributed by atoms with E-state index in [1.807, 2.05) is 54.6 Å². The highest BCUT2D eigenvalue weighted by molar-refractivity contribution is 6.37. The first kappa shape index (κ1) is 27.2. The maximum absolute atomic E-state index is 13.2. The Bertz CT molecular complexity index is 1490. The fourth-order valence-corrected chi connectivity index (χ4v) is 4.48. The molecule has 0 saturated heterocycles. The van der Waals surface area contributed by atoms with Crippen LogP contribution in [0.15, 0.2) is 91.0 Å². The lowest BCUT2D eigenvalue weighted by Crippen LogP contribution is -2.42. The van der Waals surface area contributed by atoms with Gasteiger partial charge in [0.25, 0.3) is 11.8 Å². The molecule has 0 heterocycles. The number of carboxylic acid groups (broad SMARTS) is 1. The van der Waals surface area contributed by atoms with Crippen molar-refractivity contribution in [2.45, 2.75) is 12.5 Å². The Kier molecular flexibility index (Phi) is 8.69. The van der Waals surface area contributed by atoms with Gasteiger partial charge in [-0.3, -0.25) is 9.59 Å². The highest BCUT2D eigenvalue weighted by Gasteiger charge is 2.24. The molecule has 4 aromatic carbocycles. The third kappa shape index (κ3) is 6.72. The van der Waals surface area contributed by atoms with Gasteiger partial charge in [0.2, 0.25) is 0 Å². The largest absolute Gasteiger partial charge is 0.480 e. The number of rotatable bonds is 8. The number of benzene rings is 4. The van der Waals surface area contributed by atoms with Crippen LogP contribution in [-0.4, -0.2) is 28.9 Å². The zero-order chi connectivity index (χ0) is 27.2. The summed E-state index contributed by atoms with van der Waals surface area (Å²) in [5.41, 5.74) is 3.05. The normalized spacial score (nSPS) is 11.4. The fourth-order valence-electron chi connectivity index (χ4n) is 3.81. The summed E-state index contributed by atoms with van der Waals surface area (Å²) in [6.45, 7) is 0. The van der Waals surface area contributed by atoms with Crippen LogP contribution in [0.1, 0.15) is 26.3 Å². The Morgan fingerprint density at radius 1 is 0.711 bits per heavy atom. The molecule has 1 atom stereocenters. The number of amides is 2. The molecule has 0 fully saturated rings. The SMILES string of the molecule is O=C(Nc1ccc(Cl)cc1C(=O)N[C@@H](Cc1ccc(-c2ccccc2)cc1)C(=O)O)c1ccc(Cl)cc1Cl. The van der Waals surface area contributed by atoms with Gasteiger partial charge in [0.15, 0.2) is 0 Å². The molecule has 0 aliphatic rings. The number of anilines is 1. The highest BCUT2D eigenvalue weighted by Crippen LogP contribution is 2.25. The minimum atomic E-state index is -1.22. The zero-order valence-corrected chi connectivity index (χ0v) is 22.0. The van der Waals surface area contributed by atoms with Crippen LogP contribution in [-0.2, 0) is 11.2 Å². The maximum atomic E-state index is 13.2. The summed E-state index contributed by atoms with van der Waals surface area (Å²) in [6.07, 6.45) is 0.0543. The second kappa shape index (κ2) is 12.1. The van der Waals surface area contributed by atoms with E-state index >= 15 is 0 Å². The minimum Gasteiger partial charge on any atom is -0.480 e. The first-order valence-electron chi connectivity index (χ1n) is 11.5. The van der Waals surface area contributed by atoms with E-state index in [-0.39, 0.29) is 33.3 Å². The predicted molar refractivity (Wildman–Crippen MR) is 150 cm³/mol. The van der Waals surface area contributed by atoms with Crippen molar-refractivity contribution in [1.29, 1.82) is 0 Å². The van der Waals surface area contributed by atoms with E-state index in [2.05, 4.69) is 10.6 Å². The van der Waals surface area contributed by atoms with Gasteiger partial charge in [0, 0.05) is 16.5 Å². The van der Waals surface area contributed by atoms with Gasteiger partial charge in [-0.15, -0.1) is 0 Å². The Morgan fingerprint density at radius 2 is 1.34 bits per heavy atom. The lowest BCUT2D eigenvalue weighted by atomic mass is 10.0. The van der Waals surface area contributed by atoms with E-state index in [1.165, 1.54) is 36.4 Å². The van der Waals surface area contributed by atoms with E-state index in [1.54, 1.807) is 0 Å². The molecule has 0 radical (unpaired) electrons. The molecular formula is C29H21Cl3N2O4. The van der Waals surface area contributed by atoms with Crippen LogP contribution in [0.2, 0.25) is 15.1 Å². The van der Waals surface area contributed by atoms with Gasteiger partial charge >= 0.3 is 5.97 Å². The lowest BCUT2D eigenvalue weighted by molar-refractivity contribution is -0.139. The van der Waals surface area contributed by atoms with Crippen molar-refractivity contribution in [3.05, 3.63) is 123 Å². The Morgan fingerprint density at radius 3 is 2.00 bits per heavy atom. The molecule has 38 heavy (non-hydrogen) atoms. The first-order chi connectivity index (χ1) is 18.2. The number of carboxylic acids is 1. The van der Waals surface area contributed by atoms with Gasteiger partial charge in [0.05, 0.1) is 21.8 Å². The molecule has 0 bridgehead atoms. The number of nitrogens with one attached hydrogen (secondary N) is 2. The van der Waals surface area contributed by atoms with Crippen molar-refractivity contribution >= 4 is 58.3 Å². The molecule has 9 heteroatoms. The van der Waals surface area contributed by atoms with E-state index in [0.717, 1.165) is 16.7 Å². The lowest BCUT2D eigenvalue weighted by Gasteiger charge is -2.17. The number of carbonyl (C=O) groups excluding carboxylic acids is 2. The van der Waals surface area contributed by atoms with Crippen LogP contribution < -0.4 is 10.6 Å². The summed E-state index contributed by atoms with van der Waals surface area (Å²) >= 11 is 18.1. The second-order valence-electron chi connectivity index (χ2n) is 8.40. The molecular weight excluding hydrogens is 547 g/mol. The van der Waals surface area contributed by atoms with Gasteiger partial charge in [-0.25, -0.2) is 4.79 Å². The Hall–Kier alpha value is -3.84. The van der Waals surface area contributed by atoms with Crippen molar-refractivity contribution in [3.63, 3.8) is 0 Å².